The smallest absolute Gasteiger partial charge is 0.307 e. The molecule has 0 aromatic rings. The van der Waals surface area contributed by atoms with Crippen LogP contribution < -0.4 is 11.2 Å². The van der Waals surface area contributed by atoms with Gasteiger partial charge in [0, 0.05) is 6.42 Å². The number of hydrogen-bond acceptors (Lipinski definition) is 5. The van der Waals surface area contributed by atoms with E-state index in [2.05, 4.69) is 5.43 Å². The second-order valence-corrected chi connectivity index (χ2v) is 7.76. The Balaban J connectivity index is 5.09. The lowest BCUT2D eigenvalue weighted by molar-refractivity contribution is -0.158. The molecule has 8 nitrogen and oxygen atoms in total. The van der Waals surface area contributed by atoms with Gasteiger partial charge in [0.1, 0.15) is 11.5 Å². The number of rotatable bonds is 9. The van der Waals surface area contributed by atoms with Crippen molar-refractivity contribution in [2.75, 3.05) is 12.4 Å². The molecule has 0 radical (unpaired) electrons. The van der Waals surface area contributed by atoms with E-state index < -0.39 is 35.2 Å². The van der Waals surface area contributed by atoms with Crippen LogP contribution in [0.2, 0.25) is 0 Å². The molecule has 0 fully saturated rings. The third-order valence-corrected chi connectivity index (χ3v) is 3.43. The van der Waals surface area contributed by atoms with Gasteiger partial charge < -0.3 is 10.5 Å². The fraction of sp³-hybridized carbons (Fsp3) is 0.765. The Bertz CT molecular complexity index is 517. The summed E-state index contributed by atoms with van der Waals surface area (Å²) in [5.41, 5.74) is 6.87. The van der Waals surface area contributed by atoms with Gasteiger partial charge in [-0.2, -0.15) is 0 Å². The Morgan fingerprint density at radius 3 is 2.19 bits per heavy atom. The predicted molar refractivity (Wildman–Crippen MR) is 97.8 cm³/mol. The van der Waals surface area contributed by atoms with Gasteiger partial charge in [0.2, 0.25) is 11.8 Å². The molecule has 0 spiro atoms. The molecule has 0 aliphatic rings. The normalized spacial score (nSPS) is 12.4. The van der Waals surface area contributed by atoms with Crippen LogP contribution in [0.15, 0.2) is 0 Å². The first kappa shape index (κ1) is 24.2. The molecule has 0 bridgehead atoms. The van der Waals surface area contributed by atoms with E-state index in [-0.39, 0.29) is 31.2 Å². The van der Waals surface area contributed by atoms with Crippen molar-refractivity contribution in [2.24, 2.45) is 17.6 Å². The van der Waals surface area contributed by atoms with Gasteiger partial charge in [-0.15, -0.1) is 11.6 Å². The summed E-state index contributed by atoms with van der Waals surface area (Å²) in [5.74, 6) is -3.07. The van der Waals surface area contributed by atoms with Crippen LogP contribution >= 0.6 is 11.6 Å². The maximum Gasteiger partial charge on any atom is 0.307 e. The first-order valence-corrected chi connectivity index (χ1v) is 9.06. The number of halogens is 1. The van der Waals surface area contributed by atoms with Crippen molar-refractivity contribution in [1.29, 1.82) is 0 Å². The minimum absolute atomic E-state index is 0.0898. The van der Waals surface area contributed by atoms with Crippen LogP contribution in [0.25, 0.3) is 0 Å². The number of ether oxygens (including phenoxy) is 1. The number of carbonyl (C=O) groups is 4. The number of nitrogens with one attached hydrogen (secondary N) is 1. The fourth-order valence-electron chi connectivity index (χ4n) is 2.20. The molecular weight excluding hydrogens is 362 g/mol. The van der Waals surface area contributed by atoms with Crippen molar-refractivity contribution in [1.82, 2.24) is 10.4 Å². The molecule has 1 atom stereocenters. The van der Waals surface area contributed by atoms with Gasteiger partial charge >= 0.3 is 5.97 Å². The third-order valence-electron chi connectivity index (χ3n) is 3.20. The van der Waals surface area contributed by atoms with Gasteiger partial charge in [0.25, 0.3) is 5.91 Å². The zero-order valence-corrected chi connectivity index (χ0v) is 16.9. The molecule has 0 aliphatic carbocycles. The number of amides is 3. The van der Waals surface area contributed by atoms with E-state index in [9.17, 15) is 19.2 Å². The van der Waals surface area contributed by atoms with Crippen LogP contribution in [0.4, 0.5) is 0 Å². The second-order valence-electron chi connectivity index (χ2n) is 7.49. The summed E-state index contributed by atoms with van der Waals surface area (Å²) in [6, 6.07) is 0. The molecule has 3 amide bonds. The average Bonchev–Trinajstić information content (AvgIpc) is 2.47. The molecule has 0 saturated heterocycles. The summed E-state index contributed by atoms with van der Waals surface area (Å²) in [7, 11) is 0. The first-order chi connectivity index (χ1) is 11.9. The number of carbonyl (C=O) groups excluding carboxylic acids is 4. The number of hydrogen-bond donors (Lipinski definition) is 2. The molecule has 0 saturated carbocycles. The number of hydrazine groups is 1. The summed E-state index contributed by atoms with van der Waals surface area (Å²) < 4.78 is 5.27. The van der Waals surface area contributed by atoms with E-state index in [4.69, 9.17) is 22.1 Å². The van der Waals surface area contributed by atoms with Crippen molar-refractivity contribution < 1.29 is 23.9 Å². The highest BCUT2D eigenvalue weighted by Gasteiger charge is 2.28. The van der Waals surface area contributed by atoms with E-state index in [0.717, 1.165) is 5.01 Å². The van der Waals surface area contributed by atoms with E-state index in [1.165, 1.54) is 0 Å². The van der Waals surface area contributed by atoms with E-state index in [1.54, 1.807) is 20.8 Å². The van der Waals surface area contributed by atoms with Crippen molar-refractivity contribution >= 4 is 35.3 Å². The Morgan fingerprint density at radius 1 is 1.19 bits per heavy atom. The maximum atomic E-state index is 12.6. The fourth-order valence-corrected chi connectivity index (χ4v) is 2.34. The third kappa shape index (κ3) is 10.9. The summed E-state index contributed by atoms with van der Waals surface area (Å²) >= 11 is 5.53. The van der Waals surface area contributed by atoms with E-state index in [1.807, 2.05) is 13.8 Å². The highest BCUT2D eigenvalue weighted by Crippen LogP contribution is 2.19. The van der Waals surface area contributed by atoms with E-state index >= 15 is 0 Å². The van der Waals surface area contributed by atoms with Crippen molar-refractivity contribution in [3.05, 3.63) is 0 Å². The minimum Gasteiger partial charge on any atom is -0.460 e. The number of nitrogens with two attached hydrogens (primary N) is 1. The summed E-state index contributed by atoms with van der Waals surface area (Å²) in [6.45, 7) is 8.98. The molecule has 0 unspecified atom stereocenters. The van der Waals surface area contributed by atoms with Gasteiger partial charge in [-0.1, -0.05) is 13.8 Å². The molecule has 0 rings (SSSR count). The lowest BCUT2D eigenvalue weighted by atomic mass is 9.93. The van der Waals surface area contributed by atoms with Gasteiger partial charge in [-0.25, -0.2) is 0 Å². The van der Waals surface area contributed by atoms with Crippen molar-refractivity contribution in [2.45, 2.75) is 59.5 Å². The monoisotopic (exact) mass is 391 g/mol. The Hall–Kier alpha value is -1.83. The van der Waals surface area contributed by atoms with Crippen LogP contribution in [0, 0.1) is 11.8 Å². The molecule has 0 aromatic heterocycles. The van der Waals surface area contributed by atoms with Crippen LogP contribution in [-0.2, 0) is 23.9 Å². The first-order valence-electron chi connectivity index (χ1n) is 8.52. The summed E-state index contributed by atoms with van der Waals surface area (Å²) in [5, 5.41) is 0.961. The number of esters is 1. The summed E-state index contributed by atoms with van der Waals surface area (Å²) in [4.78, 5) is 47.4. The molecule has 0 aromatic carbocycles. The number of nitrogens with zero attached hydrogens (tertiary/aromatic N) is 1. The average molecular weight is 392 g/mol. The molecule has 0 aliphatic heterocycles. The highest BCUT2D eigenvalue weighted by molar-refractivity contribution is 6.27. The van der Waals surface area contributed by atoms with Crippen LogP contribution in [0.5, 0.6) is 0 Å². The minimum atomic E-state index is -0.677. The van der Waals surface area contributed by atoms with E-state index in [0.29, 0.717) is 6.42 Å². The van der Waals surface area contributed by atoms with Crippen LogP contribution in [-0.4, -0.2) is 46.7 Å². The summed E-state index contributed by atoms with van der Waals surface area (Å²) in [6.07, 6.45) is 0.202. The zero-order valence-electron chi connectivity index (χ0n) is 16.1. The number of alkyl halides is 1. The molecule has 9 heteroatoms. The van der Waals surface area contributed by atoms with Crippen LogP contribution in [0.1, 0.15) is 53.9 Å². The van der Waals surface area contributed by atoms with Gasteiger partial charge in [0.05, 0.1) is 18.9 Å². The largest absolute Gasteiger partial charge is 0.460 e. The number of primary amides is 1. The van der Waals surface area contributed by atoms with Gasteiger partial charge in [-0.3, -0.25) is 29.6 Å². The zero-order chi connectivity index (χ0) is 20.5. The molecule has 26 heavy (non-hydrogen) atoms. The Kier molecular flexibility index (Phi) is 10.2. The van der Waals surface area contributed by atoms with Gasteiger partial charge in [0.15, 0.2) is 0 Å². The topological polar surface area (TPSA) is 119 Å². The standard InChI is InChI=1S/C17H30ClN3O5/c1-11(2)8-12(9-15(24)26-17(3,4)5)16(25)20-21(14(23)10-18)7-6-13(19)22/h11-12H,6-10H2,1-5H3,(H2,19,22)(H,20,25)/t12-/m1/s1. The van der Waals surface area contributed by atoms with Gasteiger partial charge in [-0.05, 0) is 33.1 Å². The van der Waals surface area contributed by atoms with Crippen molar-refractivity contribution in [3.8, 4) is 0 Å². The lowest BCUT2D eigenvalue weighted by Crippen LogP contribution is -2.50. The molecule has 0 heterocycles. The van der Waals surface area contributed by atoms with Crippen molar-refractivity contribution in [3.63, 3.8) is 0 Å². The Morgan fingerprint density at radius 2 is 1.77 bits per heavy atom. The molecule has 150 valence electrons. The second kappa shape index (κ2) is 11.0. The van der Waals surface area contributed by atoms with Crippen LogP contribution in [0.3, 0.4) is 0 Å². The SMILES string of the molecule is CC(C)C[C@H](CC(=O)OC(C)(C)C)C(=O)NN(CCC(N)=O)C(=O)CCl. The maximum absolute atomic E-state index is 12.6. The Labute approximate surface area is 159 Å². The predicted octanol–water partition coefficient (Wildman–Crippen LogP) is 1.35. The highest BCUT2D eigenvalue weighted by atomic mass is 35.5. The lowest BCUT2D eigenvalue weighted by Gasteiger charge is -2.26. The molecule has 3 N–H and O–H groups in total. The molecular formula is C17H30ClN3O5. The quantitative estimate of drug-likeness (QED) is 0.349.